The molecule has 1 saturated heterocycles. The fourth-order valence-electron chi connectivity index (χ4n) is 5.42. The molecule has 0 unspecified atom stereocenters. The first-order chi connectivity index (χ1) is 18.7. The molecular formula is C31H45NO6Si. The number of imide groups is 1. The molecule has 0 spiro atoms. The number of rotatable bonds is 15. The maximum absolute atomic E-state index is 13.9. The highest BCUT2D eigenvalue weighted by atomic mass is 28.4. The van der Waals surface area contributed by atoms with Crippen molar-refractivity contribution in [2.45, 2.75) is 96.6 Å². The minimum atomic E-state index is -1.82. The minimum absolute atomic E-state index is 0.0615. The molecule has 1 heterocycles. The van der Waals surface area contributed by atoms with Gasteiger partial charge in [0.1, 0.15) is 6.61 Å². The van der Waals surface area contributed by atoms with Gasteiger partial charge in [-0.05, 0) is 54.9 Å². The van der Waals surface area contributed by atoms with Crippen molar-refractivity contribution < 1.29 is 28.6 Å². The van der Waals surface area contributed by atoms with Gasteiger partial charge >= 0.3 is 6.09 Å². The predicted molar refractivity (Wildman–Crippen MR) is 155 cm³/mol. The van der Waals surface area contributed by atoms with Crippen molar-refractivity contribution in [1.82, 2.24) is 4.90 Å². The molecular weight excluding hydrogens is 510 g/mol. The van der Waals surface area contributed by atoms with E-state index in [1.54, 1.807) is 0 Å². The number of hydrogen-bond donors (Lipinski definition) is 1. The first-order valence-electron chi connectivity index (χ1n) is 14.3. The molecule has 3 rings (SSSR count). The quantitative estimate of drug-likeness (QED) is 0.273. The largest absolute Gasteiger partial charge is 0.447 e. The van der Waals surface area contributed by atoms with Crippen molar-refractivity contribution in [2.24, 2.45) is 5.92 Å². The molecule has 2 amide bonds. The van der Waals surface area contributed by atoms with Crippen LogP contribution < -0.4 is 0 Å². The molecule has 2 aromatic carbocycles. The van der Waals surface area contributed by atoms with Crippen LogP contribution in [0.3, 0.4) is 0 Å². The number of cyclic esters (lactones) is 1. The first-order valence-corrected chi connectivity index (χ1v) is 16.8. The number of carbonyl (C=O) groups excluding carboxylic acids is 2. The second-order valence-electron chi connectivity index (χ2n) is 10.7. The Morgan fingerprint density at radius 3 is 2.13 bits per heavy atom. The SMILES string of the molecule is CC[Si](CC)(CC)O[C@H](C)C[C@@H](C)[C@H](O)[C@@H](OCc1ccccc1)C(=O)N1C(=O)OC[C@H]1Cc1ccccc1. The molecule has 0 bridgehead atoms. The van der Waals surface area contributed by atoms with E-state index < -0.39 is 38.6 Å². The van der Waals surface area contributed by atoms with Crippen molar-refractivity contribution in [1.29, 1.82) is 0 Å². The van der Waals surface area contributed by atoms with Gasteiger partial charge in [-0.2, -0.15) is 0 Å². The van der Waals surface area contributed by atoms with Gasteiger partial charge < -0.3 is 19.0 Å². The van der Waals surface area contributed by atoms with Crippen LogP contribution in [-0.4, -0.2) is 61.3 Å². The highest BCUT2D eigenvalue weighted by Gasteiger charge is 2.44. The molecule has 0 aliphatic carbocycles. The average molecular weight is 556 g/mol. The zero-order chi connectivity index (χ0) is 28.4. The Morgan fingerprint density at radius 1 is 1.00 bits per heavy atom. The topological polar surface area (TPSA) is 85.3 Å². The second kappa shape index (κ2) is 14.7. The van der Waals surface area contributed by atoms with E-state index in [0.29, 0.717) is 12.8 Å². The highest BCUT2D eigenvalue weighted by Crippen LogP contribution is 2.28. The lowest BCUT2D eigenvalue weighted by molar-refractivity contribution is -0.154. The Balaban J connectivity index is 1.78. The van der Waals surface area contributed by atoms with Crippen LogP contribution in [-0.2, 0) is 31.7 Å². The predicted octanol–water partition coefficient (Wildman–Crippen LogP) is 5.96. The summed E-state index contributed by atoms with van der Waals surface area (Å²) < 4.78 is 18.0. The van der Waals surface area contributed by atoms with Gasteiger partial charge in [0.2, 0.25) is 0 Å². The summed E-state index contributed by atoms with van der Waals surface area (Å²) in [6.07, 6.45) is -2.06. The van der Waals surface area contributed by atoms with E-state index >= 15 is 0 Å². The lowest BCUT2D eigenvalue weighted by atomic mass is 9.93. The fraction of sp³-hybridized carbons (Fsp3) is 0.548. The lowest BCUT2D eigenvalue weighted by Crippen LogP contribution is -2.52. The average Bonchev–Trinajstić information content (AvgIpc) is 3.32. The molecule has 39 heavy (non-hydrogen) atoms. The zero-order valence-corrected chi connectivity index (χ0v) is 25.0. The van der Waals surface area contributed by atoms with Crippen molar-refractivity contribution in [3.63, 3.8) is 0 Å². The van der Waals surface area contributed by atoms with Gasteiger partial charge in [0.15, 0.2) is 14.4 Å². The number of aliphatic hydroxyl groups is 1. The van der Waals surface area contributed by atoms with Crippen molar-refractivity contribution in [3.8, 4) is 0 Å². The normalized spacial score (nSPS) is 18.9. The number of nitrogens with zero attached hydrogens (tertiary/aromatic N) is 1. The lowest BCUT2D eigenvalue weighted by Gasteiger charge is -2.35. The van der Waals surface area contributed by atoms with E-state index in [1.807, 2.05) is 74.5 Å². The molecule has 1 aliphatic heterocycles. The maximum Gasteiger partial charge on any atom is 0.417 e. The molecule has 214 valence electrons. The molecule has 2 aromatic rings. The first kappa shape index (κ1) is 31.0. The molecule has 0 saturated carbocycles. The van der Waals surface area contributed by atoms with Crippen LogP contribution >= 0.6 is 0 Å². The number of ether oxygens (including phenoxy) is 2. The molecule has 8 heteroatoms. The third-order valence-electron chi connectivity index (χ3n) is 8.01. The molecule has 1 N–H and O–H groups in total. The Bertz CT molecular complexity index is 1020. The van der Waals surface area contributed by atoms with E-state index in [-0.39, 0.29) is 25.2 Å². The summed E-state index contributed by atoms with van der Waals surface area (Å²) in [5.41, 5.74) is 1.87. The summed E-state index contributed by atoms with van der Waals surface area (Å²) in [6.45, 7) is 10.8. The Labute approximate surface area is 234 Å². The summed E-state index contributed by atoms with van der Waals surface area (Å²) in [5.74, 6) is -0.866. The summed E-state index contributed by atoms with van der Waals surface area (Å²) in [5, 5.41) is 11.5. The van der Waals surface area contributed by atoms with Crippen LogP contribution in [0.2, 0.25) is 18.1 Å². The fourth-order valence-corrected chi connectivity index (χ4v) is 8.37. The zero-order valence-electron chi connectivity index (χ0n) is 24.0. The third-order valence-corrected chi connectivity index (χ3v) is 12.8. The Hall–Kier alpha value is -2.52. The van der Waals surface area contributed by atoms with Crippen LogP contribution in [0.15, 0.2) is 60.7 Å². The monoisotopic (exact) mass is 555 g/mol. The van der Waals surface area contributed by atoms with E-state index in [9.17, 15) is 14.7 Å². The minimum Gasteiger partial charge on any atom is -0.447 e. The molecule has 0 radical (unpaired) electrons. The van der Waals surface area contributed by atoms with Crippen LogP contribution in [0.4, 0.5) is 4.79 Å². The molecule has 5 atom stereocenters. The van der Waals surface area contributed by atoms with Gasteiger partial charge in [-0.15, -0.1) is 0 Å². The molecule has 1 aliphatic rings. The van der Waals surface area contributed by atoms with E-state index in [0.717, 1.165) is 34.2 Å². The summed E-state index contributed by atoms with van der Waals surface area (Å²) in [6, 6.07) is 21.9. The van der Waals surface area contributed by atoms with Crippen LogP contribution in [0, 0.1) is 5.92 Å². The number of amides is 2. The molecule has 0 aromatic heterocycles. The standard InChI is InChI=1S/C31H45NO6Si/c1-6-39(7-2,8-3)38-24(5)19-23(4)28(33)29(36-21-26-17-13-10-14-18-26)30(34)32-27(22-37-31(32)35)20-25-15-11-9-12-16-25/h9-18,23-24,27-29,33H,6-8,19-22H2,1-5H3/t23-,24-,27-,28+,29-/m1/s1. The number of aliphatic hydroxyl groups excluding tert-OH is 1. The summed E-state index contributed by atoms with van der Waals surface area (Å²) in [4.78, 5) is 27.8. The van der Waals surface area contributed by atoms with E-state index in [4.69, 9.17) is 13.9 Å². The van der Waals surface area contributed by atoms with Crippen molar-refractivity contribution in [3.05, 3.63) is 71.8 Å². The Morgan fingerprint density at radius 2 is 1.56 bits per heavy atom. The maximum atomic E-state index is 13.9. The van der Waals surface area contributed by atoms with Crippen LogP contribution in [0.25, 0.3) is 0 Å². The third kappa shape index (κ3) is 8.24. The molecule has 1 fully saturated rings. The van der Waals surface area contributed by atoms with Gasteiger partial charge in [-0.3, -0.25) is 4.79 Å². The number of carbonyl (C=O) groups is 2. The number of benzene rings is 2. The highest BCUT2D eigenvalue weighted by molar-refractivity contribution is 6.73. The second-order valence-corrected chi connectivity index (χ2v) is 15.4. The van der Waals surface area contributed by atoms with Gasteiger partial charge in [-0.1, -0.05) is 88.4 Å². The summed E-state index contributed by atoms with van der Waals surface area (Å²) >= 11 is 0. The van der Waals surface area contributed by atoms with Gasteiger partial charge in [-0.25, -0.2) is 9.69 Å². The summed E-state index contributed by atoms with van der Waals surface area (Å²) in [7, 11) is -1.82. The van der Waals surface area contributed by atoms with E-state index in [2.05, 4.69) is 20.8 Å². The van der Waals surface area contributed by atoms with Gasteiger partial charge in [0.05, 0.1) is 18.8 Å². The Kier molecular flexibility index (Phi) is 11.7. The number of hydrogen-bond acceptors (Lipinski definition) is 6. The molecule has 7 nitrogen and oxygen atoms in total. The van der Waals surface area contributed by atoms with Crippen LogP contribution in [0.5, 0.6) is 0 Å². The van der Waals surface area contributed by atoms with E-state index in [1.165, 1.54) is 0 Å². The van der Waals surface area contributed by atoms with Crippen molar-refractivity contribution in [2.75, 3.05) is 6.61 Å². The van der Waals surface area contributed by atoms with Gasteiger partial charge in [0, 0.05) is 6.10 Å². The van der Waals surface area contributed by atoms with Crippen LogP contribution in [0.1, 0.15) is 52.2 Å². The smallest absolute Gasteiger partial charge is 0.417 e. The van der Waals surface area contributed by atoms with Gasteiger partial charge in [0.25, 0.3) is 5.91 Å². The van der Waals surface area contributed by atoms with Crippen molar-refractivity contribution >= 4 is 20.3 Å².